The summed E-state index contributed by atoms with van der Waals surface area (Å²) in [7, 11) is 0. The van der Waals surface area contributed by atoms with Gasteiger partial charge in [-0.15, -0.1) is 11.3 Å². The van der Waals surface area contributed by atoms with Crippen LogP contribution in [0, 0.1) is 6.92 Å². The van der Waals surface area contributed by atoms with Crippen LogP contribution in [0.3, 0.4) is 0 Å². The zero-order chi connectivity index (χ0) is 9.97. The number of aryl methyl sites for hydroxylation is 1. The van der Waals surface area contributed by atoms with Crippen molar-refractivity contribution < 1.29 is 9.53 Å². The Balaban J connectivity index is 2.11. The van der Waals surface area contributed by atoms with E-state index < -0.39 is 0 Å². The highest BCUT2D eigenvalue weighted by Gasteiger charge is 2.24. The highest BCUT2D eigenvalue weighted by molar-refractivity contribution is 7.99. The summed E-state index contributed by atoms with van der Waals surface area (Å²) in [6.07, 6.45) is -0.220. The van der Waals surface area contributed by atoms with Gasteiger partial charge in [-0.3, -0.25) is 4.79 Å². The number of hydrogen-bond donors (Lipinski definition) is 0. The number of thioether (sulfide) groups is 1. The van der Waals surface area contributed by atoms with Crippen LogP contribution in [0.15, 0.2) is 11.4 Å². The highest BCUT2D eigenvalue weighted by atomic mass is 32.2. The Labute approximate surface area is 91.7 Å². The number of ketones is 1. The third-order valence-electron chi connectivity index (χ3n) is 2.23. The van der Waals surface area contributed by atoms with E-state index in [1.807, 2.05) is 18.4 Å². The van der Waals surface area contributed by atoms with Gasteiger partial charge in [-0.25, -0.2) is 0 Å². The van der Waals surface area contributed by atoms with Gasteiger partial charge in [0.15, 0.2) is 5.78 Å². The second-order valence-corrected chi connectivity index (χ2v) is 5.46. The average Bonchev–Trinajstić information content (AvgIpc) is 2.65. The summed E-state index contributed by atoms with van der Waals surface area (Å²) in [4.78, 5) is 13.0. The molecule has 0 bridgehead atoms. The van der Waals surface area contributed by atoms with E-state index in [1.54, 1.807) is 23.1 Å². The molecule has 2 rings (SSSR count). The van der Waals surface area contributed by atoms with Crippen molar-refractivity contribution in [3.8, 4) is 0 Å². The van der Waals surface area contributed by atoms with E-state index in [1.165, 1.54) is 0 Å². The second-order valence-electron chi connectivity index (χ2n) is 3.19. The molecular weight excluding hydrogens is 216 g/mol. The largest absolute Gasteiger partial charge is 0.368 e. The summed E-state index contributed by atoms with van der Waals surface area (Å²) in [5.41, 5.74) is 0.836. The molecule has 1 atom stereocenters. The summed E-state index contributed by atoms with van der Waals surface area (Å²) >= 11 is 3.41. The SMILES string of the molecule is Cc1sccc1C(=O)C1CSCCO1. The number of carbonyl (C=O) groups is 1. The fourth-order valence-corrected chi connectivity index (χ4v) is 3.00. The van der Waals surface area contributed by atoms with Crippen molar-refractivity contribution in [1.29, 1.82) is 0 Å². The predicted octanol–water partition coefficient (Wildman–Crippen LogP) is 2.37. The van der Waals surface area contributed by atoms with Gasteiger partial charge < -0.3 is 4.74 Å². The summed E-state index contributed by atoms with van der Waals surface area (Å²) < 4.78 is 5.45. The number of rotatable bonds is 2. The van der Waals surface area contributed by atoms with Gasteiger partial charge in [0.1, 0.15) is 6.10 Å². The van der Waals surface area contributed by atoms with Crippen molar-refractivity contribution in [2.24, 2.45) is 0 Å². The number of Topliss-reactive ketones (excluding diaryl/α,β-unsaturated/α-hetero) is 1. The smallest absolute Gasteiger partial charge is 0.193 e. The normalized spacial score (nSPS) is 22.2. The lowest BCUT2D eigenvalue weighted by atomic mass is 10.1. The predicted molar refractivity (Wildman–Crippen MR) is 60.5 cm³/mol. The van der Waals surface area contributed by atoms with Crippen molar-refractivity contribution in [2.75, 3.05) is 18.1 Å². The van der Waals surface area contributed by atoms with E-state index in [0.29, 0.717) is 6.61 Å². The fourth-order valence-electron chi connectivity index (χ4n) is 1.45. The van der Waals surface area contributed by atoms with Crippen molar-refractivity contribution in [1.82, 2.24) is 0 Å². The van der Waals surface area contributed by atoms with E-state index in [0.717, 1.165) is 21.9 Å². The lowest BCUT2D eigenvalue weighted by Crippen LogP contribution is -2.31. The molecule has 14 heavy (non-hydrogen) atoms. The molecule has 1 aromatic heterocycles. The van der Waals surface area contributed by atoms with Crippen LogP contribution < -0.4 is 0 Å². The molecule has 2 nitrogen and oxygen atoms in total. The lowest BCUT2D eigenvalue weighted by Gasteiger charge is -2.20. The molecule has 1 aromatic rings. The van der Waals surface area contributed by atoms with E-state index in [-0.39, 0.29) is 11.9 Å². The molecule has 76 valence electrons. The first kappa shape index (κ1) is 10.2. The molecule has 1 aliphatic rings. The van der Waals surface area contributed by atoms with Crippen LogP contribution in [0.4, 0.5) is 0 Å². The maximum absolute atomic E-state index is 12.0. The van der Waals surface area contributed by atoms with Gasteiger partial charge in [-0.2, -0.15) is 11.8 Å². The van der Waals surface area contributed by atoms with Gasteiger partial charge in [0, 0.05) is 21.9 Å². The van der Waals surface area contributed by atoms with Crippen molar-refractivity contribution in [2.45, 2.75) is 13.0 Å². The lowest BCUT2D eigenvalue weighted by molar-refractivity contribution is 0.0518. The van der Waals surface area contributed by atoms with Crippen LogP contribution in [-0.2, 0) is 4.74 Å². The van der Waals surface area contributed by atoms with E-state index in [9.17, 15) is 4.79 Å². The minimum atomic E-state index is -0.220. The Morgan fingerprint density at radius 3 is 3.07 bits per heavy atom. The Hall–Kier alpha value is -0.320. The molecule has 0 spiro atoms. The van der Waals surface area contributed by atoms with Crippen LogP contribution in [0.1, 0.15) is 15.2 Å². The molecule has 0 radical (unpaired) electrons. The molecule has 1 saturated heterocycles. The Bertz CT molecular complexity index is 327. The van der Waals surface area contributed by atoms with Crippen molar-refractivity contribution in [3.63, 3.8) is 0 Å². The minimum absolute atomic E-state index is 0.149. The molecule has 0 saturated carbocycles. The van der Waals surface area contributed by atoms with Crippen LogP contribution in [0.25, 0.3) is 0 Å². The van der Waals surface area contributed by atoms with Crippen LogP contribution in [-0.4, -0.2) is 30.0 Å². The quantitative estimate of drug-likeness (QED) is 0.727. The standard InChI is InChI=1S/C10H12O2S2/c1-7-8(2-4-14-7)10(11)9-6-13-5-3-12-9/h2,4,9H,3,5-6H2,1H3. The number of carbonyl (C=O) groups excluding carboxylic acids is 1. The molecule has 2 heterocycles. The Morgan fingerprint density at radius 1 is 1.64 bits per heavy atom. The zero-order valence-electron chi connectivity index (χ0n) is 7.99. The maximum Gasteiger partial charge on any atom is 0.193 e. The van der Waals surface area contributed by atoms with Gasteiger partial charge in [-0.1, -0.05) is 0 Å². The first-order valence-electron chi connectivity index (χ1n) is 4.56. The highest BCUT2D eigenvalue weighted by Crippen LogP contribution is 2.21. The summed E-state index contributed by atoms with van der Waals surface area (Å²) in [5, 5.41) is 1.96. The van der Waals surface area contributed by atoms with Gasteiger partial charge in [0.25, 0.3) is 0 Å². The molecule has 0 N–H and O–H groups in total. The van der Waals surface area contributed by atoms with Crippen LogP contribution in [0.5, 0.6) is 0 Å². The van der Waals surface area contributed by atoms with Gasteiger partial charge in [-0.05, 0) is 18.4 Å². The molecule has 0 aromatic carbocycles. The van der Waals surface area contributed by atoms with Gasteiger partial charge in [0.05, 0.1) is 6.61 Å². The minimum Gasteiger partial charge on any atom is -0.368 e. The van der Waals surface area contributed by atoms with Gasteiger partial charge >= 0.3 is 0 Å². The first-order chi connectivity index (χ1) is 6.79. The molecule has 1 fully saturated rings. The first-order valence-corrected chi connectivity index (χ1v) is 6.60. The Morgan fingerprint density at radius 2 is 2.50 bits per heavy atom. The summed E-state index contributed by atoms with van der Waals surface area (Å²) in [6, 6.07) is 1.89. The van der Waals surface area contributed by atoms with Gasteiger partial charge in [0.2, 0.25) is 0 Å². The Kier molecular flexibility index (Phi) is 3.26. The van der Waals surface area contributed by atoms with E-state index in [4.69, 9.17) is 4.74 Å². The average molecular weight is 228 g/mol. The number of ether oxygens (including phenoxy) is 1. The van der Waals surface area contributed by atoms with Crippen molar-refractivity contribution in [3.05, 3.63) is 21.9 Å². The summed E-state index contributed by atoms with van der Waals surface area (Å²) in [5.74, 6) is 1.96. The third kappa shape index (κ3) is 2.02. The van der Waals surface area contributed by atoms with E-state index >= 15 is 0 Å². The van der Waals surface area contributed by atoms with Crippen LogP contribution >= 0.6 is 23.1 Å². The van der Waals surface area contributed by atoms with E-state index in [2.05, 4.69) is 0 Å². The molecule has 4 heteroatoms. The molecular formula is C10H12O2S2. The fraction of sp³-hybridized carbons (Fsp3) is 0.500. The molecule has 1 unspecified atom stereocenters. The second kappa shape index (κ2) is 4.47. The zero-order valence-corrected chi connectivity index (χ0v) is 9.62. The third-order valence-corrected chi connectivity index (χ3v) is 4.07. The molecule has 0 aliphatic carbocycles. The number of hydrogen-bond acceptors (Lipinski definition) is 4. The molecule has 1 aliphatic heterocycles. The summed E-state index contributed by atoms with van der Waals surface area (Å²) in [6.45, 7) is 2.68. The monoisotopic (exact) mass is 228 g/mol. The topological polar surface area (TPSA) is 26.3 Å². The molecule has 0 amide bonds. The maximum atomic E-state index is 12.0. The van der Waals surface area contributed by atoms with Crippen molar-refractivity contribution >= 4 is 28.9 Å². The van der Waals surface area contributed by atoms with Crippen LogP contribution in [0.2, 0.25) is 0 Å². The number of thiophene rings is 1.